The van der Waals surface area contributed by atoms with Gasteiger partial charge >= 0.3 is 0 Å². The normalized spacial score (nSPS) is 16.7. The highest BCUT2D eigenvalue weighted by Crippen LogP contribution is 2.24. The minimum atomic E-state index is -0.0175. The summed E-state index contributed by atoms with van der Waals surface area (Å²) >= 11 is 5.85. The van der Waals surface area contributed by atoms with E-state index in [9.17, 15) is 9.90 Å². The Morgan fingerprint density at radius 1 is 1.30 bits per heavy atom. The van der Waals surface area contributed by atoms with Gasteiger partial charge in [0.1, 0.15) is 5.75 Å². The predicted molar refractivity (Wildman–Crippen MR) is 80.3 cm³/mol. The van der Waals surface area contributed by atoms with Crippen LogP contribution in [0.5, 0.6) is 5.75 Å². The molecule has 1 saturated heterocycles. The fourth-order valence-electron chi connectivity index (χ4n) is 2.47. The SMILES string of the molecule is CC(C)CN1CCN(C(=O)c2ccc(O)c(Cl)c2)CC1. The van der Waals surface area contributed by atoms with Gasteiger partial charge in [0.15, 0.2) is 0 Å². The first-order valence-electron chi connectivity index (χ1n) is 6.97. The molecule has 5 heteroatoms. The molecule has 0 aromatic heterocycles. The van der Waals surface area contributed by atoms with Crippen molar-refractivity contribution in [2.75, 3.05) is 32.7 Å². The monoisotopic (exact) mass is 296 g/mol. The molecule has 110 valence electrons. The summed E-state index contributed by atoms with van der Waals surface area (Å²) in [6.45, 7) is 8.79. The van der Waals surface area contributed by atoms with Crippen LogP contribution in [-0.4, -0.2) is 53.5 Å². The van der Waals surface area contributed by atoms with Crippen molar-refractivity contribution < 1.29 is 9.90 Å². The molecule has 20 heavy (non-hydrogen) atoms. The number of rotatable bonds is 3. The number of aromatic hydroxyl groups is 1. The van der Waals surface area contributed by atoms with E-state index in [1.807, 2.05) is 4.90 Å². The maximum atomic E-state index is 12.4. The Kier molecular flexibility index (Phi) is 4.89. The van der Waals surface area contributed by atoms with E-state index in [0.29, 0.717) is 11.5 Å². The lowest BCUT2D eigenvalue weighted by Crippen LogP contribution is -2.49. The topological polar surface area (TPSA) is 43.8 Å². The fourth-order valence-corrected chi connectivity index (χ4v) is 2.65. The average Bonchev–Trinajstić information content (AvgIpc) is 2.41. The van der Waals surface area contributed by atoms with Crippen molar-refractivity contribution in [3.05, 3.63) is 28.8 Å². The molecule has 1 heterocycles. The number of amides is 1. The number of carbonyl (C=O) groups is 1. The third-order valence-electron chi connectivity index (χ3n) is 3.48. The highest BCUT2D eigenvalue weighted by molar-refractivity contribution is 6.32. The zero-order valence-electron chi connectivity index (χ0n) is 12.0. The molecule has 1 N–H and O–H groups in total. The number of carbonyl (C=O) groups excluding carboxylic acids is 1. The second-order valence-corrected chi connectivity index (χ2v) is 6.06. The predicted octanol–water partition coefficient (Wildman–Crippen LogP) is 2.46. The summed E-state index contributed by atoms with van der Waals surface area (Å²) in [6, 6.07) is 4.61. The number of nitrogens with zero attached hydrogens (tertiary/aromatic N) is 2. The second-order valence-electron chi connectivity index (χ2n) is 5.65. The van der Waals surface area contributed by atoms with Crippen LogP contribution in [-0.2, 0) is 0 Å². The number of hydrogen-bond donors (Lipinski definition) is 1. The molecule has 0 bridgehead atoms. The Bertz CT molecular complexity index is 483. The van der Waals surface area contributed by atoms with Crippen molar-refractivity contribution in [1.29, 1.82) is 0 Å². The van der Waals surface area contributed by atoms with Crippen LogP contribution in [0.2, 0.25) is 5.02 Å². The lowest BCUT2D eigenvalue weighted by molar-refractivity contribution is 0.0624. The van der Waals surface area contributed by atoms with E-state index < -0.39 is 0 Å². The Morgan fingerprint density at radius 3 is 2.50 bits per heavy atom. The number of hydrogen-bond acceptors (Lipinski definition) is 3. The molecule has 0 atom stereocenters. The third kappa shape index (κ3) is 3.64. The average molecular weight is 297 g/mol. The molecule has 1 aliphatic rings. The summed E-state index contributed by atoms with van der Waals surface area (Å²) in [5, 5.41) is 9.61. The van der Waals surface area contributed by atoms with Crippen molar-refractivity contribution in [3.8, 4) is 5.75 Å². The molecule has 1 amide bonds. The van der Waals surface area contributed by atoms with Gasteiger partial charge < -0.3 is 10.0 Å². The molecule has 1 fully saturated rings. The maximum absolute atomic E-state index is 12.4. The van der Waals surface area contributed by atoms with Gasteiger partial charge in [-0.15, -0.1) is 0 Å². The van der Waals surface area contributed by atoms with E-state index in [2.05, 4.69) is 18.7 Å². The molecule has 0 unspecified atom stereocenters. The first-order valence-corrected chi connectivity index (χ1v) is 7.35. The van der Waals surface area contributed by atoms with Crippen molar-refractivity contribution in [2.45, 2.75) is 13.8 Å². The van der Waals surface area contributed by atoms with E-state index in [-0.39, 0.29) is 16.7 Å². The van der Waals surface area contributed by atoms with Crippen LogP contribution >= 0.6 is 11.6 Å². The number of benzene rings is 1. The summed E-state index contributed by atoms with van der Waals surface area (Å²) in [6.07, 6.45) is 0. The van der Waals surface area contributed by atoms with Crippen LogP contribution in [0.4, 0.5) is 0 Å². The van der Waals surface area contributed by atoms with Crippen LogP contribution in [0.15, 0.2) is 18.2 Å². The molecule has 0 radical (unpaired) electrons. The van der Waals surface area contributed by atoms with E-state index in [1.54, 1.807) is 6.07 Å². The Balaban J connectivity index is 1.96. The number of phenolic OH excluding ortho intramolecular Hbond substituents is 1. The highest BCUT2D eigenvalue weighted by Gasteiger charge is 2.22. The molecule has 0 spiro atoms. The van der Waals surface area contributed by atoms with Crippen LogP contribution in [0.1, 0.15) is 24.2 Å². The first-order chi connectivity index (χ1) is 9.47. The third-order valence-corrected chi connectivity index (χ3v) is 3.78. The van der Waals surface area contributed by atoms with Crippen molar-refractivity contribution in [2.24, 2.45) is 5.92 Å². The molecule has 0 saturated carbocycles. The van der Waals surface area contributed by atoms with Gasteiger partial charge in [-0.25, -0.2) is 0 Å². The molecule has 2 rings (SSSR count). The molecule has 1 aromatic carbocycles. The van der Waals surface area contributed by atoms with Crippen LogP contribution in [0.3, 0.4) is 0 Å². The van der Waals surface area contributed by atoms with Gasteiger partial charge in [0.2, 0.25) is 0 Å². The van der Waals surface area contributed by atoms with Gasteiger partial charge in [0, 0.05) is 38.3 Å². The Labute approximate surface area is 124 Å². The van der Waals surface area contributed by atoms with Gasteiger partial charge in [-0.05, 0) is 24.1 Å². The second kappa shape index (κ2) is 6.46. The first kappa shape index (κ1) is 15.1. The largest absolute Gasteiger partial charge is 0.506 e. The molecule has 4 nitrogen and oxygen atoms in total. The summed E-state index contributed by atoms with van der Waals surface area (Å²) in [7, 11) is 0. The summed E-state index contributed by atoms with van der Waals surface area (Å²) in [5.74, 6) is 0.634. The van der Waals surface area contributed by atoms with E-state index in [4.69, 9.17) is 11.6 Å². The molecular formula is C15H21ClN2O2. The molecule has 1 aliphatic heterocycles. The smallest absolute Gasteiger partial charge is 0.253 e. The molecular weight excluding hydrogens is 276 g/mol. The zero-order chi connectivity index (χ0) is 14.7. The minimum Gasteiger partial charge on any atom is -0.506 e. The highest BCUT2D eigenvalue weighted by atomic mass is 35.5. The zero-order valence-corrected chi connectivity index (χ0v) is 12.7. The maximum Gasteiger partial charge on any atom is 0.253 e. The quantitative estimate of drug-likeness (QED) is 0.932. The van der Waals surface area contributed by atoms with E-state index >= 15 is 0 Å². The van der Waals surface area contributed by atoms with Gasteiger partial charge in [-0.1, -0.05) is 25.4 Å². The molecule has 1 aromatic rings. The van der Waals surface area contributed by atoms with Crippen molar-refractivity contribution >= 4 is 17.5 Å². The summed E-state index contributed by atoms with van der Waals surface area (Å²) in [5.41, 5.74) is 0.533. The summed E-state index contributed by atoms with van der Waals surface area (Å²) < 4.78 is 0. The van der Waals surface area contributed by atoms with Gasteiger partial charge in [0.25, 0.3) is 5.91 Å². The summed E-state index contributed by atoms with van der Waals surface area (Å²) in [4.78, 5) is 16.6. The minimum absolute atomic E-state index is 0.00460. The standard InChI is InChI=1S/C15H21ClN2O2/c1-11(2)10-17-5-7-18(8-6-17)15(20)12-3-4-14(19)13(16)9-12/h3-4,9,11,19H,5-8,10H2,1-2H3. The van der Waals surface area contributed by atoms with Crippen molar-refractivity contribution in [1.82, 2.24) is 9.80 Å². The Hall–Kier alpha value is -1.26. The van der Waals surface area contributed by atoms with Crippen molar-refractivity contribution in [3.63, 3.8) is 0 Å². The van der Waals surface area contributed by atoms with Crippen LogP contribution < -0.4 is 0 Å². The van der Waals surface area contributed by atoms with Gasteiger partial charge in [0.05, 0.1) is 5.02 Å². The number of halogens is 1. The molecule has 0 aliphatic carbocycles. The lowest BCUT2D eigenvalue weighted by Gasteiger charge is -2.35. The number of phenols is 1. The van der Waals surface area contributed by atoms with E-state index in [1.165, 1.54) is 12.1 Å². The fraction of sp³-hybridized carbons (Fsp3) is 0.533. The number of piperazine rings is 1. The van der Waals surface area contributed by atoms with E-state index in [0.717, 1.165) is 32.7 Å². The van der Waals surface area contributed by atoms with Crippen LogP contribution in [0, 0.1) is 5.92 Å². The van der Waals surface area contributed by atoms with Crippen LogP contribution in [0.25, 0.3) is 0 Å². The Morgan fingerprint density at radius 2 is 1.95 bits per heavy atom. The van der Waals surface area contributed by atoms with Gasteiger partial charge in [-0.2, -0.15) is 0 Å². The lowest BCUT2D eigenvalue weighted by atomic mass is 10.1. The van der Waals surface area contributed by atoms with Gasteiger partial charge in [-0.3, -0.25) is 9.69 Å².